The Labute approximate surface area is 167 Å². The van der Waals surface area contributed by atoms with Crippen LogP contribution in [-0.4, -0.2) is 60.3 Å². The summed E-state index contributed by atoms with van der Waals surface area (Å²) in [5.74, 6) is -0.806. The number of carbonyl (C=O) groups is 2. The summed E-state index contributed by atoms with van der Waals surface area (Å²) in [7, 11) is 2.10. The molecule has 0 aromatic heterocycles. The summed E-state index contributed by atoms with van der Waals surface area (Å²) >= 11 is 0. The molecule has 7 heteroatoms. The molecule has 0 bridgehead atoms. The Bertz CT molecular complexity index is 684. The highest BCUT2D eigenvalue weighted by atomic mass is 16.4. The van der Waals surface area contributed by atoms with Gasteiger partial charge in [-0.1, -0.05) is 31.9 Å². The fraction of sp³-hybridized carbons (Fsp3) is 0.619. The van der Waals surface area contributed by atoms with Gasteiger partial charge in [0.25, 0.3) is 0 Å². The standard InChI is InChI=1S/C21H32N4O3/c1-3-25(14-20(26)27)17-12-15(13-17)22-21(28)23-18-10-6-7-11-19(18)24(2)16-8-4-5-9-16/h6-7,10-11,15-17H,3-5,8-9,12-14H2,1-2H3,(H,26,27)(H2,22,23,28). The zero-order valence-corrected chi connectivity index (χ0v) is 16.9. The highest BCUT2D eigenvalue weighted by Crippen LogP contribution is 2.32. The molecule has 0 spiro atoms. The predicted octanol–water partition coefficient (Wildman–Crippen LogP) is 3.12. The molecule has 154 valence electrons. The molecule has 0 radical (unpaired) electrons. The number of nitrogens with zero attached hydrogens (tertiary/aromatic N) is 2. The highest BCUT2D eigenvalue weighted by molar-refractivity contribution is 5.93. The fourth-order valence-corrected chi connectivity index (χ4v) is 4.40. The van der Waals surface area contributed by atoms with Crippen LogP contribution in [0.1, 0.15) is 45.4 Å². The molecule has 2 amide bonds. The Balaban J connectivity index is 1.51. The Kier molecular flexibility index (Phi) is 6.78. The molecule has 0 saturated heterocycles. The quantitative estimate of drug-likeness (QED) is 0.637. The largest absolute Gasteiger partial charge is 0.480 e. The predicted molar refractivity (Wildman–Crippen MR) is 111 cm³/mol. The van der Waals surface area contributed by atoms with E-state index in [1.165, 1.54) is 25.7 Å². The van der Waals surface area contributed by atoms with E-state index in [4.69, 9.17) is 5.11 Å². The molecule has 3 N–H and O–H groups in total. The minimum Gasteiger partial charge on any atom is -0.480 e. The van der Waals surface area contributed by atoms with Crippen LogP contribution < -0.4 is 15.5 Å². The maximum atomic E-state index is 12.5. The lowest BCUT2D eigenvalue weighted by Crippen LogP contribution is -2.55. The van der Waals surface area contributed by atoms with Gasteiger partial charge in [-0.25, -0.2) is 4.79 Å². The number of hydrogen-bond acceptors (Lipinski definition) is 4. The molecule has 0 heterocycles. The summed E-state index contributed by atoms with van der Waals surface area (Å²) < 4.78 is 0. The maximum Gasteiger partial charge on any atom is 0.319 e. The van der Waals surface area contributed by atoms with Gasteiger partial charge < -0.3 is 20.6 Å². The lowest BCUT2D eigenvalue weighted by Gasteiger charge is -2.42. The van der Waals surface area contributed by atoms with E-state index in [1.807, 2.05) is 30.0 Å². The second kappa shape index (κ2) is 9.28. The van der Waals surface area contributed by atoms with Crippen LogP contribution in [0, 0.1) is 0 Å². The van der Waals surface area contributed by atoms with Crippen LogP contribution >= 0.6 is 0 Å². The van der Waals surface area contributed by atoms with Gasteiger partial charge in [-0.3, -0.25) is 9.69 Å². The molecular weight excluding hydrogens is 356 g/mol. The molecule has 3 rings (SSSR count). The van der Waals surface area contributed by atoms with E-state index >= 15 is 0 Å². The Morgan fingerprint density at radius 2 is 1.82 bits per heavy atom. The van der Waals surface area contributed by atoms with Crippen molar-refractivity contribution in [3.8, 4) is 0 Å². The molecule has 0 aliphatic heterocycles. The van der Waals surface area contributed by atoms with Crippen LogP contribution in [0.4, 0.5) is 16.2 Å². The fourth-order valence-electron chi connectivity index (χ4n) is 4.40. The van der Waals surface area contributed by atoms with Crippen LogP contribution in [0.2, 0.25) is 0 Å². The van der Waals surface area contributed by atoms with Crippen molar-refractivity contribution in [2.75, 3.05) is 30.4 Å². The molecule has 28 heavy (non-hydrogen) atoms. The molecular formula is C21H32N4O3. The smallest absolute Gasteiger partial charge is 0.319 e. The first kappa shape index (κ1) is 20.5. The van der Waals surface area contributed by atoms with Crippen LogP contribution in [0.3, 0.4) is 0 Å². The normalized spacial score (nSPS) is 22.0. The highest BCUT2D eigenvalue weighted by Gasteiger charge is 2.34. The summed E-state index contributed by atoms with van der Waals surface area (Å²) in [5, 5.41) is 15.0. The molecule has 0 atom stereocenters. The van der Waals surface area contributed by atoms with E-state index in [2.05, 4.69) is 28.6 Å². The average Bonchev–Trinajstić information content (AvgIpc) is 3.17. The number of benzene rings is 1. The Hall–Kier alpha value is -2.28. The number of nitrogens with one attached hydrogen (secondary N) is 2. The third-order valence-corrected chi connectivity index (χ3v) is 6.11. The van der Waals surface area contributed by atoms with Crippen LogP contribution in [-0.2, 0) is 4.79 Å². The monoisotopic (exact) mass is 388 g/mol. The van der Waals surface area contributed by atoms with Crippen molar-refractivity contribution in [2.24, 2.45) is 0 Å². The van der Waals surface area contributed by atoms with Gasteiger partial charge in [0, 0.05) is 25.2 Å². The third kappa shape index (κ3) is 4.95. The van der Waals surface area contributed by atoms with Crippen molar-refractivity contribution in [3.63, 3.8) is 0 Å². The van der Waals surface area contributed by atoms with Crippen molar-refractivity contribution >= 4 is 23.4 Å². The zero-order chi connectivity index (χ0) is 20.1. The van der Waals surface area contributed by atoms with Gasteiger partial charge in [-0.05, 0) is 44.4 Å². The maximum absolute atomic E-state index is 12.5. The van der Waals surface area contributed by atoms with Gasteiger partial charge in [-0.2, -0.15) is 0 Å². The molecule has 2 aliphatic rings. The number of amides is 2. The average molecular weight is 389 g/mol. The molecule has 2 aliphatic carbocycles. The van der Waals surface area contributed by atoms with Crippen LogP contribution in [0.5, 0.6) is 0 Å². The number of aliphatic carboxylic acids is 1. The molecule has 1 aromatic carbocycles. The SMILES string of the molecule is CCN(CC(=O)O)C1CC(NC(=O)Nc2ccccc2N(C)C2CCCC2)C1. The van der Waals surface area contributed by atoms with Crippen LogP contribution in [0.25, 0.3) is 0 Å². The van der Waals surface area contributed by atoms with Crippen molar-refractivity contribution in [3.05, 3.63) is 24.3 Å². The molecule has 7 nitrogen and oxygen atoms in total. The molecule has 1 aromatic rings. The first-order valence-electron chi connectivity index (χ1n) is 10.3. The van der Waals surface area contributed by atoms with Gasteiger partial charge in [0.15, 0.2) is 0 Å². The van der Waals surface area contributed by atoms with E-state index in [-0.39, 0.29) is 24.7 Å². The lowest BCUT2D eigenvalue weighted by atomic mass is 9.85. The Morgan fingerprint density at radius 1 is 1.14 bits per heavy atom. The second-order valence-electron chi connectivity index (χ2n) is 7.94. The molecule has 2 fully saturated rings. The number of carbonyl (C=O) groups excluding carboxylic acids is 1. The van der Waals surface area contributed by atoms with Crippen molar-refractivity contribution in [2.45, 2.75) is 63.6 Å². The minimum absolute atomic E-state index is 0.0565. The van der Waals surface area contributed by atoms with E-state index in [9.17, 15) is 9.59 Å². The number of para-hydroxylation sites is 2. The lowest BCUT2D eigenvalue weighted by molar-refractivity contribution is -0.139. The summed E-state index contributed by atoms with van der Waals surface area (Å²) in [5.41, 5.74) is 1.88. The first-order valence-corrected chi connectivity index (χ1v) is 10.3. The number of urea groups is 1. The summed E-state index contributed by atoms with van der Waals surface area (Å²) in [6, 6.07) is 8.59. The molecule has 2 saturated carbocycles. The van der Waals surface area contributed by atoms with Gasteiger partial charge in [0.1, 0.15) is 0 Å². The van der Waals surface area contributed by atoms with Gasteiger partial charge in [-0.15, -0.1) is 0 Å². The number of hydrogen-bond donors (Lipinski definition) is 3. The summed E-state index contributed by atoms with van der Waals surface area (Å²) in [6.07, 6.45) is 6.51. The third-order valence-electron chi connectivity index (χ3n) is 6.11. The van der Waals surface area contributed by atoms with Gasteiger partial charge in [0.05, 0.1) is 17.9 Å². The minimum atomic E-state index is -0.806. The first-order chi connectivity index (χ1) is 13.5. The van der Waals surface area contributed by atoms with Gasteiger partial charge >= 0.3 is 12.0 Å². The number of rotatable bonds is 8. The van der Waals surface area contributed by atoms with Crippen molar-refractivity contribution < 1.29 is 14.7 Å². The van der Waals surface area contributed by atoms with E-state index in [1.54, 1.807) is 0 Å². The number of likely N-dealkylation sites (N-methyl/N-ethyl adjacent to an activating group) is 1. The summed E-state index contributed by atoms with van der Waals surface area (Å²) in [4.78, 5) is 27.7. The number of anilines is 2. The topological polar surface area (TPSA) is 84.9 Å². The second-order valence-corrected chi connectivity index (χ2v) is 7.94. The Morgan fingerprint density at radius 3 is 2.46 bits per heavy atom. The molecule has 0 unspecified atom stereocenters. The van der Waals surface area contributed by atoms with Crippen molar-refractivity contribution in [1.82, 2.24) is 10.2 Å². The van der Waals surface area contributed by atoms with Crippen molar-refractivity contribution in [1.29, 1.82) is 0 Å². The number of carboxylic acid groups (broad SMARTS) is 1. The van der Waals surface area contributed by atoms with E-state index in [0.29, 0.717) is 12.6 Å². The zero-order valence-electron chi connectivity index (χ0n) is 16.9. The van der Waals surface area contributed by atoms with E-state index in [0.717, 1.165) is 24.2 Å². The van der Waals surface area contributed by atoms with Crippen LogP contribution in [0.15, 0.2) is 24.3 Å². The number of carboxylic acids is 1. The van der Waals surface area contributed by atoms with E-state index < -0.39 is 5.97 Å². The van der Waals surface area contributed by atoms with Gasteiger partial charge in [0.2, 0.25) is 0 Å². The summed E-state index contributed by atoms with van der Waals surface area (Å²) in [6.45, 7) is 2.73.